The Morgan fingerprint density at radius 3 is 2.11 bits per heavy atom. The van der Waals surface area contributed by atoms with Gasteiger partial charge in [0.2, 0.25) is 0 Å². The second kappa shape index (κ2) is 7.33. The number of esters is 1. The monoisotopic (exact) mass is 431 g/mol. The number of carbonyl (C=O) groups excluding carboxylic acids is 1. The Morgan fingerprint density at radius 2 is 1.64 bits per heavy atom. The van der Waals surface area contributed by atoms with Crippen molar-refractivity contribution >= 4 is 21.7 Å². The second-order valence-electron chi connectivity index (χ2n) is 5.23. The van der Waals surface area contributed by atoms with Gasteiger partial charge in [0.1, 0.15) is 5.56 Å². The quantitative estimate of drug-likeness (QED) is 0.558. The fourth-order valence-electron chi connectivity index (χ4n) is 2.05. The largest absolute Gasteiger partial charge is 0.462 e. The van der Waals surface area contributed by atoms with Crippen molar-refractivity contribution in [2.75, 3.05) is 11.3 Å². The van der Waals surface area contributed by atoms with Gasteiger partial charge in [0, 0.05) is 0 Å². The van der Waals surface area contributed by atoms with Crippen molar-refractivity contribution in [1.29, 1.82) is 0 Å². The van der Waals surface area contributed by atoms with Gasteiger partial charge in [0.15, 0.2) is 5.03 Å². The fraction of sp³-hybridized carbons (Fsp3) is 0.286. The molecule has 1 heterocycles. The van der Waals surface area contributed by atoms with Crippen LogP contribution in [0.2, 0.25) is 0 Å². The van der Waals surface area contributed by atoms with Crippen LogP contribution in [0.4, 0.5) is 32.0 Å². The van der Waals surface area contributed by atoms with Crippen LogP contribution in [-0.2, 0) is 27.1 Å². The predicted octanol–water partition coefficient (Wildman–Crippen LogP) is 3.42. The normalized spacial score (nSPS) is 12.7. The molecule has 2 N–H and O–H groups in total. The average molecular weight is 431 g/mol. The molecule has 28 heavy (non-hydrogen) atoms. The van der Waals surface area contributed by atoms with Crippen LogP contribution < -0.4 is 4.72 Å². The van der Waals surface area contributed by atoms with Crippen LogP contribution in [-0.4, -0.2) is 31.2 Å². The molecule has 0 radical (unpaired) electrons. The number of halogens is 6. The van der Waals surface area contributed by atoms with Gasteiger partial charge >= 0.3 is 18.3 Å². The highest BCUT2D eigenvalue weighted by atomic mass is 32.2. The summed E-state index contributed by atoms with van der Waals surface area (Å²) < 4.78 is 108. The lowest BCUT2D eigenvalue weighted by molar-refractivity contribution is -0.143. The second-order valence-corrected chi connectivity index (χ2v) is 6.85. The number of nitrogens with zero attached hydrogens (tertiary/aromatic N) is 1. The number of anilines is 1. The third-order valence-corrected chi connectivity index (χ3v) is 4.56. The van der Waals surface area contributed by atoms with Crippen molar-refractivity contribution in [2.24, 2.45) is 0 Å². The minimum atomic E-state index is -5.16. The number of H-pyrrole nitrogens is 1. The van der Waals surface area contributed by atoms with Gasteiger partial charge in [-0.1, -0.05) is 0 Å². The lowest BCUT2D eigenvalue weighted by Crippen LogP contribution is -2.19. The summed E-state index contributed by atoms with van der Waals surface area (Å²) in [5, 5.41) is 4.41. The Balaban J connectivity index is 2.50. The number of aromatic amines is 1. The first kappa shape index (κ1) is 21.5. The van der Waals surface area contributed by atoms with Gasteiger partial charge in [0.25, 0.3) is 10.0 Å². The van der Waals surface area contributed by atoms with E-state index in [1.54, 1.807) is 4.72 Å². The van der Waals surface area contributed by atoms with E-state index >= 15 is 0 Å². The zero-order valence-electron chi connectivity index (χ0n) is 13.8. The standard InChI is InChI=1S/C14H11F6N3O4S/c1-2-27-12(24)10-6-21-22-11(10)28(25,26)23-9-4-7(13(15,16)17)3-8(5-9)14(18,19)20/h3-6,23H,2H2,1H3,(H,21,22). The Kier molecular flexibility index (Phi) is 5.64. The lowest BCUT2D eigenvalue weighted by atomic mass is 10.1. The fourth-order valence-corrected chi connectivity index (χ4v) is 3.18. The molecule has 0 aliphatic rings. The van der Waals surface area contributed by atoms with Crippen LogP contribution in [0.1, 0.15) is 28.4 Å². The Bertz CT molecular complexity index is 949. The minimum Gasteiger partial charge on any atom is -0.462 e. The van der Waals surface area contributed by atoms with Crippen molar-refractivity contribution in [1.82, 2.24) is 10.2 Å². The first-order chi connectivity index (χ1) is 12.8. The molecule has 2 rings (SSSR count). The number of aromatic nitrogens is 2. The van der Waals surface area contributed by atoms with Crippen molar-refractivity contribution < 1.29 is 44.3 Å². The molecule has 0 aliphatic carbocycles. The molecule has 0 bridgehead atoms. The number of nitrogens with one attached hydrogen (secondary N) is 2. The molecule has 0 fully saturated rings. The topological polar surface area (TPSA) is 101 Å². The van der Waals surface area contributed by atoms with Gasteiger partial charge in [-0.05, 0) is 25.1 Å². The summed E-state index contributed by atoms with van der Waals surface area (Å²) in [5.41, 5.74) is -5.01. The molecule has 1 aromatic heterocycles. The van der Waals surface area contributed by atoms with Gasteiger partial charge in [-0.2, -0.15) is 39.9 Å². The zero-order valence-corrected chi connectivity index (χ0v) is 14.6. The molecule has 154 valence electrons. The maximum atomic E-state index is 12.9. The molecule has 1 aromatic carbocycles. The van der Waals surface area contributed by atoms with E-state index in [0.29, 0.717) is 0 Å². The van der Waals surface area contributed by atoms with Gasteiger partial charge < -0.3 is 4.74 Å². The highest BCUT2D eigenvalue weighted by Crippen LogP contribution is 2.38. The highest BCUT2D eigenvalue weighted by Gasteiger charge is 2.37. The Labute approximate surface area is 153 Å². The third kappa shape index (κ3) is 4.74. The summed E-state index contributed by atoms with van der Waals surface area (Å²) >= 11 is 0. The first-order valence-electron chi connectivity index (χ1n) is 7.28. The van der Waals surface area contributed by atoms with Gasteiger partial charge in [-0.25, -0.2) is 4.79 Å². The number of rotatable bonds is 5. The van der Waals surface area contributed by atoms with Crippen molar-refractivity contribution in [3.63, 3.8) is 0 Å². The number of hydrogen-bond acceptors (Lipinski definition) is 5. The van der Waals surface area contributed by atoms with Crippen LogP contribution in [0.25, 0.3) is 0 Å². The molecule has 14 heteroatoms. The molecule has 0 spiro atoms. The third-order valence-electron chi connectivity index (χ3n) is 3.21. The molecule has 0 amide bonds. The summed E-state index contributed by atoms with van der Waals surface area (Å²) in [4.78, 5) is 11.7. The van der Waals surface area contributed by atoms with E-state index in [1.807, 2.05) is 5.10 Å². The van der Waals surface area contributed by atoms with E-state index in [0.717, 1.165) is 6.20 Å². The van der Waals surface area contributed by atoms with Crippen LogP contribution in [0.3, 0.4) is 0 Å². The molecule has 7 nitrogen and oxygen atoms in total. The van der Waals surface area contributed by atoms with E-state index in [1.165, 1.54) is 6.92 Å². The van der Waals surface area contributed by atoms with Gasteiger partial charge in [0.05, 0.1) is 29.6 Å². The molecule has 0 unspecified atom stereocenters. The smallest absolute Gasteiger partial charge is 0.416 e. The molecule has 2 aromatic rings. The maximum Gasteiger partial charge on any atom is 0.416 e. The van der Waals surface area contributed by atoms with Crippen molar-refractivity contribution in [2.45, 2.75) is 24.3 Å². The van der Waals surface area contributed by atoms with E-state index in [4.69, 9.17) is 0 Å². The van der Waals surface area contributed by atoms with E-state index in [2.05, 4.69) is 9.84 Å². The molecular formula is C14H11F6N3O4S. The number of sulfonamides is 1. The van der Waals surface area contributed by atoms with E-state index < -0.39 is 55.7 Å². The summed E-state index contributed by atoms with van der Waals surface area (Å²) in [5.74, 6) is -1.10. The summed E-state index contributed by atoms with van der Waals surface area (Å²) in [6.07, 6.45) is -9.53. The molecule has 0 saturated carbocycles. The van der Waals surface area contributed by atoms with Crippen LogP contribution >= 0.6 is 0 Å². The molecule has 0 atom stereocenters. The lowest BCUT2D eigenvalue weighted by Gasteiger charge is -2.15. The number of ether oxygens (including phenoxy) is 1. The van der Waals surface area contributed by atoms with Gasteiger partial charge in [-0.3, -0.25) is 9.82 Å². The Morgan fingerprint density at radius 1 is 1.11 bits per heavy atom. The van der Waals surface area contributed by atoms with Crippen molar-refractivity contribution in [3.05, 3.63) is 41.1 Å². The summed E-state index contributed by atoms with van der Waals surface area (Å²) in [6.45, 7) is 1.32. The number of hydrogen-bond donors (Lipinski definition) is 2. The van der Waals surface area contributed by atoms with E-state index in [-0.39, 0.29) is 24.8 Å². The van der Waals surface area contributed by atoms with Crippen LogP contribution in [0.5, 0.6) is 0 Å². The number of alkyl halides is 6. The Hall–Kier alpha value is -2.77. The van der Waals surface area contributed by atoms with Crippen molar-refractivity contribution in [3.8, 4) is 0 Å². The van der Waals surface area contributed by atoms with Crippen LogP contribution in [0.15, 0.2) is 29.4 Å². The average Bonchev–Trinajstić information content (AvgIpc) is 3.03. The molecule has 0 saturated heterocycles. The minimum absolute atomic E-state index is 0.112. The van der Waals surface area contributed by atoms with Crippen LogP contribution in [0, 0.1) is 0 Å². The first-order valence-corrected chi connectivity index (χ1v) is 8.77. The number of carbonyl (C=O) groups is 1. The molecule has 0 aliphatic heterocycles. The van der Waals surface area contributed by atoms with Gasteiger partial charge in [-0.15, -0.1) is 0 Å². The summed E-state index contributed by atoms with van der Waals surface area (Å²) in [6, 6.07) is 0.221. The summed E-state index contributed by atoms with van der Waals surface area (Å²) in [7, 11) is -4.79. The van der Waals surface area contributed by atoms with E-state index in [9.17, 15) is 39.6 Å². The molecular weight excluding hydrogens is 420 g/mol. The number of benzene rings is 1. The predicted molar refractivity (Wildman–Crippen MR) is 81.8 cm³/mol. The SMILES string of the molecule is CCOC(=O)c1cn[nH]c1S(=O)(=O)Nc1cc(C(F)(F)F)cc(C(F)(F)F)c1. The highest BCUT2D eigenvalue weighted by molar-refractivity contribution is 7.92. The maximum absolute atomic E-state index is 12.9. The zero-order chi connectivity index (χ0) is 21.3.